The van der Waals surface area contributed by atoms with Crippen LogP contribution in [-0.2, 0) is 4.74 Å². The van der Waals surface area contributed by atoms with Crippen LogP contribution in [0.3, 0.4) is 0 Å². The van der Waals surface area contributed by atoms with E-state index in [1.165, 1.54) is 24.3 Å². The van der Waals surface area contributed by atoms with Gasteiger partial charge in [-0.25, -0.2) is 9.69 Å². The number of non-ortho nitro benzene ring substituents is 1. The number of amides is 2. The highest BCUT2D eigenvalue weighted by Crippen LogP contribution is 2.30. The molecule has 1 N–H and O–H groups in total. The molecule has 2 heterocycles. The summed E-state index contributed by atoms with van der Waals surface area (Å²) in [4.78, 5) is 47.2. The van der Waals surface area contributed by atoms with Crippen molar-refractivity contribution in [1.29, 1.82) is 0 Å². The Morgan fingerprint density at radius 1 is 1.26 bits per heavy atom. The average Bonchev–Trinajstić information content (AvgIpc) is 3.08. The Hall–Kier alpha value is -3.56. The lowest BCUT2D eigenvalue weighted by Gasteiger charge is -2.13. The number of H-pyrrole nitrogens is 1. The second-order valence-corrected chi connectivity index (χ2v) is 4.53. The summed E-state index contributed by atoms with van der Waals surface area (Å²) >= 11 is 0. The number of imide groups is 1. The molecular formula is C13H8N4O6. The van der Waals surface area contributed by atoms with Crippen molar-refractivity contribution in [3.8, 4) is 0 Å². The zero-order chi connectivity index (χ0) is 16.7. The van der Waals surface area contributed by atoms with Crippen molar-refractivity contribution in [2.75, 3.05) is 12.0 Å². The third-order valence-corrected chi connectivity index (χ3v) is 3.30. The van der Waals surface area contributed by atoms with Crippen LogP contribution in [-0.4, -0.2) is 40.0 Å². The van der Waals surface area contributed by atoms with Crippen LogP contribution in [0.2, 0.25) is 0 Å². The summed E-state index contributed by atoms with van der Waals surface area (Å²) < 4.78 is 4.52. The van der Waals surface area contributed by atoms with Crippen LogP contribution in [0.25, 0.3) is 0 Å². The zero-order valence-corrected chi connectivity index (χ0v) is 11.6. The van der Waals surface area contributed by atoms with Crippen molar-refractivity contribution in [3.63, 3.8) is 0 Å². The topological polar surface area (TPSA) is 136 Å². The maximum absolute atomic E-state index is 12.4. The third kappa shape index (κ3) is 2.04. The summed E-state index contributed by atoms with van der Waals surface area (Å²) in [6.07, 6.45) is 0. The number of rotatable bonds is 3. The molecule has 0 bridgehead atoms. The first-order chi connectivity index (χ1) is 11.0. The van der Waals surface area contributed by atoms with E-state index in [9.17, 15) is 24.5 Å². The van der Waals surface area contributed by atoms with E-state index in [2.05, 4.69) is 14.9 Å². The minimum atomic E-state index is -0.828. The number of ether oxygens (including phenoxy) is 1. The van der Waals surface area contributed by atoms with Gasteiger partial charge in [-0.2, -0.15) is 5.10 Å². The minimum Gasteiger partial charge on any atom is -0.464 e. The standard InChI is InChI=1S/C13H8N4O6/c1-23-13(20)10-8-9(14-15-10)12(19)16(11(8)18)6-2-4-7(5-3-6)17(21)22/h2-5H,1H3,(H,14,15). The highest BCUT2D eigenvalue weighted by atomic mass is 16.6. The summed E-state index contributed by atoms with van der Waals surface area (Å²) in [7, 11) is 1.13. The van der Waals surface area contributed by atoms with E-state index in [-0.39, 0.29) is 28.3 Å². The van der Waals surface area contributed by atoms with Crippen molar-refractivity contribution in [2.45, 2.75) is 0 Å². The number of carbonyl (C=O) groups is 3. The number of anilines is 1. The molecule has 23 heavy (non-hydrogen) atoms. The molecule has 2 amide bonds. The molecule has 0 fully saturated rings. The van der Waals surface area contributed by atoms with Crippen LogP contribution < -0.4 is 4.90 Å². The Balaban J connectivity index is 2.02. The maximum atomic E-state index is 12.4. The lowest BCUT2D eigenvalue weighted by molar-refractivity contribution is -0.384. The largest absolute Gasteiger partial charge is 0.464 e. The van der Waals surface area contributed by atoms with Crippen molar-refractivity contribution in [2.24, 2.45) is 0 Å². The van der Waals surface area contributed by atoms with Gasteiger partial charge in [0.2, 0.25) is 0 Å². The molecule has 10 nitrogen and oxygen atoms in total. The number of aromatic amines is 1. The van der Waals surface area contributed by atoms with Crippen LogP contribution in [0.1, 0.15) is 31.3 Å². The molecule has 0 saturated heterocycles. The number of aromatic nitrogens is 2. The van der Waals surface area contributed by atoms with Crippen molar-refractivity contribution in [1.82, 2.24) is 10.2 Å². The first-order valence-corrected chi connectivity index (χ1v) is 6.25. The lowest BCUT2D eigenvalue weighted by Crippen LogP contribution is -2.30. The number of hydrogen-bond acceptors (Lipinski definition) is 7. The van der Waals surface area contributed by atoms with Crippen LogP contribution in [0, 0.1) is 10.1 Å². The van der Waals surface area contributed by atoms with Gasteiger partial charge in [0.05, 0.1) is 17.7 Å². The Morgan fingerprint density at radius 3 is 2.48 bits per heavy atom. The second kappa shape index (κ2) is 5.02. The molecule has 0 spiro atoms. The molecule has 1 aliphatic rings. The zero-order valence-electron chi connectivity index (χ0n) is 11.6. The molecule has 0 radical (unpaired) electrons. The SMILES string of the molecule is COC(=O)c1[nH]nc2c1C(=O)N(c1ccc([N+](=O)[O-])cc1)C2=O. The number of fused-ring (bicyclic) bond motifs is 1. The second-order valence-electron chi connectivity index (χ2n) is 4.53. The Labute approximate surface area is 127 Å². The Bertz CT molecular complexity index is 854. The van der Waals surface area contributed by atoms with Crippen molar-refractivity contribution < 1.29 is 24.0 Å². The normalized spacial score (nSPS) is 13.2. The maximum Gasteiger partial charge on any atom is 0.356 e. The summed E-state index contributed by atoms with van der Waals surface area (Å²) in [5.41, 5.74) is -0.639. The third-order valence-electron chi connectivity index (χ3n) is 3.30. The van der Waals surface area contributed by atoms with Crippen molar-refractivity contribution >= 4 is 29.2 Å². The Morgan fingerprint density at radius 2 is 1.91 bits per heavy atom. The Kier molecular flexibility index (Phi) is 3.14. The lowest BCUT2D eigenvalue weighted by atomic mass is 10.2. The molecule has 1 aliphatic heterocycles. The monoisotopic (exact) mass is 316 g/mol. The first kappa shape index (κ1) is 14.4. The number of nitro groups is 1. The number of hydrogen-bond donors (Lipinski definition) is 1. The molecule has 0 saturated carbocycles. The molecule has 2 aromatic rings. The van der Waals surface area contributed by atoms with Gasteiger partial charge in [0.1, 0.15) is 5.56 Å². The van der Waals surface area contributed by atoms with Crippen LogP contribution >= 0.6 is 0 Å². The molecule has 116 valence electrons. The molecule has 10 heteroatoms. The van der Waals surface area contributed by atoms with Gasteiger partial charge in [0.25, 0.3) is 17.5 Å². The number of methoxy groups -OCH3 is 1. The fraction of sp³-hybridized carbons (Fsp3) is 0.0769. The molecular weight excluding hydrogens is 308 g/mol. The van der Waals surface area contributed by atoms with E-state index in [1.807, 2.05) is 0 Å². The summed E-state index contributed by atoms with van der Waals surface area (Å²) in [6, 6.07) is 4.86. The van der Waals surface area contributed by atoms with Gasteiger partial charge in [-0.1, -0.05) is 0 Å². The summed E-state index contributed by atoms with van der Waals surface area (Å²) in [6.45, 7) is 0. The molecule has 0 atom stereocenters. The van der Waals surface area contributed by atoms with E-state index in [1.54, 1.807) is 0 Å². The van der Waals surface area contributed by atoms with E-state index >= 15 is 0 Å². The highest BCUT2D eigenvalue weighted by molar-refractivity contribution is 6.35. The fourth-order valence-corrected chi connectivity index (χ4v) is 2.22. The number of carbonyl (C=O) groups excluding carboxylic acids is 3. The predicted octanol–water partition coefficient (Wildman–Crippen LogP) is 0.905. The van der Waals surface area contributed by atoms with E-state index < -0.39 is 22.7 Å². The summed E-state index contributed by atoms with van der Waals surface area (Å²) in [5.74, 6) is -2.32. The number of benzene rings is 1. The van der Waals surface area contributed by atoms with Gasteiger partial charge in [0.15, 0.2) is 11.4 Å². The van der Waals surface area contributed by atoms with Gasteiger partial charge in [0, 0.05) is 12.1 Å². The van der Waals surface area contributed by atoms with Crippen LogP contribution in [0.4, 0.5) is 11.4 Å². The predicted molar refractivity (Wildman–Crippen MR) is 74.2 cm³/mol. The first-order valence-electron chi connectivity index (χ1n) is 6.25. The van der Waals surface area contributed by atoms with E-state index in [0.29, 0.717) is 0 Å². The average molecular weight is 316 g/mol. The summed E-state index contributed by atoms with van der Waals surface area (Å²) in [5, 5.41) is 16.6. The molecule has 0 aliphatic carbocycles. The molecule has 1 aromatic carbocycles. The van der Waals surface area contributed by atoms with E-state index in [4.69, 9.17) is 0 Å². The molecule has 3 rings (SSSR count). The quantitative estimate of drug-likeness (QED) is 0.384. The number of nitrogens with one attached hydrogen (secondary N) is 1. The van der Waals surface area contributed by atoms with Crippen LogP contribution in [0.5, 0.6) is 0 Å². The van der Waals surface area contributed by atoms with Crippen molar-refractivity contribution in [3.05, 3.63) is 51.3 Å². The number of nitrogens with zero attached hydrogens (tertiary/aromatic N) is 3. The van der Waals surface area contributed by atoms with Gasteiger partial charge >= 0.3 is 5.97 Å². The van der Waals surface area contributed by atoms with Gasteiger partial charge in [-0.05, 0) is 12.1 Å². The minimum absolute atomic E-state index is 0.138. The fourth-order valence-electron chi connectivity index (χ4n) is 2.22. The smallest absolute Gasteiger partial charge is 0.356 e. The number of nitro benzene ring substituents is 1. The van der Waals surface area contributed by atoms with Crippen LogP contribution in [0.15, 0.2) is 24.3 Å². The molecule has 0 unspecified atom stereocenters. The highest BCUT2D eigenvalue weighted by Gasteiger charge is 2.43. The number of esters is 1. The van der Waals surface area contributed by atoms with Gasteiger partial charge in [-0.3, -0.25) is 24.8 Å². The van der Waals surface area contributed by atoms with Gasteiger partial charge in [-0.15, -0.1) is 0 Å². The van der Waals surface area contributed by atoms with Gasteiger partial charge < -0.3 is 4.74 Å². The molecule has 1 aromatic heterocycles. The van der Waals surface area contributed by atoms with E-state index in [0.717, 1.165) is 12.0 Å².